The van der Waals surface area contributed by atoms with Gasteiger partial charge in [-0.25, -0.2) is 4.79 Å². The summed E-state index contributed by atoms with van der Waals surface area (Å²) < 4.78 is 4.81. The minimum atomic E-state index is -1.04. The lowest BCUT2D eigenvalue weighted by molar-refractivity contribution is 0.107. The number of carbonyl (C=O) groups is 1. The molecule has 0 fully saturated rings. The van der Waals surface area contributed by atoms with Gasteiger partial charge in [-0.05, 0) is 23.7 Å². The lowest BCUT2D eigenvalue weighted by atomic mass is 10.1. The molecule has 0 saturated heterocycles. The van der Waals surface area contributed by atoms with Crippen molar-refractivity contribution in [3.63, 3.8) is 0 Å². The van der Waals surface area contributed by atoms with Crippen LogP contribution in [0, 0.1) is 0 Å². The van der Waals surface area contributed by atoms with Gasteiger partial charge in [-0.3, -0.25) is 4.79 Å². The Kier molecular flexibility index (Phi) is 2.21. The number of carbonyl (C=O) groups excluding carboxylic acids is 1. The van der Waals surface area contributed by atoms with Gasteiger partial charge in [-0.2, -0.15) is 0 Å². The van der Waals surface area contributed by atoms with E-state index >= 15 is 0 Å². The van der Waals surface area contributed by atoms with Gasteiger partial charge in [0.2, 0.25) is 0 Å². The molecule has 0 aliphatic heterocycles. The Balaban J connectivity index is 2.97. The molecule has 1 heterocycles. The maximum absolute atomic E-state index is 11.3. The molecule has 1 aromatic carbocycles. The first kappa shape index (κ1) is 9.73. The van der Waals surface area contributed by atoms with Gasteiger partial charge in [-0.1, -0.05) is 12.1 Å². The molecule has 0 spiro atoms. The van der Waals surface area contributed by atoms with E-state index in [0.717, 1.165) is 0 Å². The summed E-state index contributed by atoms with van der Waals surface area (Å²) in [6.45, 7) is 0. The van der Waals surface area contributed by atoms with E-state index in [9.17, 15) is 14.7 Å². The molecule has 76 valence electrons. The molecule has 0 radical (unpaired) electrons. The average molecular weight is 225 g/mol. The minimum Gasteiger partial charge on any atom is -0.506 e. The number of hydrogen-bond donors (Lipinski definition) is 1. The van der Waals surface area contributed by atoms with Gasteiger partial charge in [0.15, 0.2) is 5.56 Å². The molecule has 0 unspecified atom stereocenters. The molecule has 5 heteroatoms. The molecule has 15 heavy (non-hydrogen) atoms. The summed E-state index contributed by atoms with van der Waals surface area (Å²) in [5, 5.41) is 8.88. The van der Waals surface area contributed by atoms with Crippen molar-refractivity contribution < 1.29 is 14.3 Å². The quantitative estimate of drug-likeness (QED) is 0.593. The van der Waals surface area contributed by atoms with Crippen LogP contribution < -0.4 is 5.63 Å². The largest absolute Gasteiger partial charge is 0.506 e. The van der Waals surface area contributed by atoms with Crippen LogP contribution in [0.25, 0.3) is 11.0 Å². The van der Waals surface area contributed by atoms with Crippen LogP contribution in [0.15, 0.2) is 33.5 Å². The van der Waals surface area contributed by atoms with Crippen LogP contribution >= 0.6 is 11.6 Å². The normalized spacial score (nSPS) is 10.5. The summed E-state index contributed by atoms with van der Waals surface area (Å²) in [6.07, 6.45) is 0. The summed E-state index contributed by atoms with van der Waals surface area (Å²) in [5.41, 5.74) is -1.26. The molecule has 0 aliphatic carbocycles. The lowest BCUT2D eigenvalue weighted by Gasteiger charge is -2.01. The van der Waals surface area contributed by atoms with Gasteiger partial charge < -0.3 is 9.52 Å². The first-order chi connectivity index (χ1) is 7.11. The molecule has 0 bridgehead atoms. The standard InChI is InChI=1S/C10H5ClO4/c11-9(13)7-8(12)5-3-1-2-4-6(5)15-10(7)14/h1-4,12H. The van der Waals surface area contributed by atoms with Crippen molar-refractivity contribution in [2.24, 2.45) is 0 Å². The highest BCUT2D eigenvalue weighted by molar-refractivity contribution is 6.68. The zero-order chi connectivity index (χ0) is 11.0. The van der Waals surface area contributed by atoms with Crippen molar-refractivity contribution in [1.82, 2.24) is 0 Å². The van der Waals surface area contributed by atoms with Crippen LogP contribution in [0.4, 0.5) is 0 Å². The second kappa shape index (κ2) is 3.40. The first-order valence-electron chi connectivity index (χ1n) is 4.06. The zero-order valence-corrected chi connectivity index (χ0v) is 8.12. The third-order valence-corrected chi connectivity index (χ3v) is 2.17. The van der Waals surface area contributed by atoms with Gasteiger partial charge in [-0.15, -0.1) is 0 Å². The van der Waals surface area contributed by atoms with Crippen LogP contribution in [0.2, 0.25) is 0 Å². The van der Waals surface area contributed by atoms with Crippen LogP contribution in [0.5, 0.6) is 5.75 Å². The number of aromatic hydroxyl groups is 1. The van der Waals surface area contributed by atoms with Gasteiger partial charge in [0.1, 0.15) is 11.3 Å². The lowest BCUT2D eigenvalue weighted by Crippen LogP contribution is -2.10. The van der Waals surface area contributed by atoms with Crippen LogP contribution in [0.1, 0.15) is 10.4 Å². The molecule has 1 aromatic heterocycles. The fourth-order valence-electron chi connectivity index (χ4n) is 1.31. The Morgan fingerprint density at radius 1 is 1.33 bits per heavy atom. The highest BCUT2D eigenvalue weighted by atomic mass is 35.5. The SMILES string of the molecule is O=C(Cl)c1c(O)c2ccccc2oc1=O. The third kappa shape index (κ3) is 1.49. The Bertz CT molecular complexity index is 600. The van der Waals surface area contributed by atoms with Crippen molar-refractivity contribution in [2.75, 3.05) is 0 Å². The Hall–Kier alpha value is -1.81. The van der Waals surface area contributed by atoms with Crippen LogP contribution in [-0.2, 0) is 0 Å². The van der Waals surface area contributed by atoms with E-state index in [-0.39, 0.29) is 11.0 Å². The predicted molar refractivity (Wildman–Crippen MR) is 54.3 cm³/mol. The third-order valence-electron chi connectivity index (χ3n) is 1.98. The van der Waals surface area contributed by atoms with E-state index in [0.29, 0.717) is 0 Å². The minimum absolute atomic E-state index is 0.210. The molecule has 2 rings (SSSR count). The summed E-state index contributed by atoms with van der Waals surface area (Å²) >= 11 is 5.16. The van der Waals surface area contributed by atoms with E-state index < -0.39 is 22.2 Å². The second-order valence-electron chi connectivity index (χ2n) is 2.88. The highest BCUT2D eigenvalue weighted by Gasteiger charge is 2.18. The van der Waals surface area contributed by atoms with Crippen molar-refractivity contribution in [1.29, 1.82) is 0 Å². The summed E-state index contributed by atoms with van der Waals surface area (Å²) in [4.78, 5) is 22.1. The molecular weight excluding hydrogens is 220 g/mol. The van der Waals surface area contributed by atoms with Crippen LogP contribution in [-0.4, -0.2) is 10.3 Å². The maximum Gasteiger partial charge on any atom is 0.352 e. The summed E-state index contributed by atoms with van der Waals surface area (Å²) in [6, 6.07) is 6.33. The molecule has 0 amide bonds. The Morgan fingerprint density at radius 2 is 2.00 bits per heavy atom. The maximum atomic E-state index is 11.3. The number of rotatable bonds is 1. The van der Waals surface area contributed by atoms with Crippen molar-refractivity contribution in [3.8, 4) is 5.75 Å². The number of benzene rings is 1. The smallest absolute Gasteiger partial charge is 0.352 e. The average Bonchev–Trinajstić information content (AvgIpc) is 2.17. The Labute approximate surface area is 88.7 Å². The molecule has 0 saturated carbocycles. The van der Waals surface area contributed by atoms with E-state index in [1.54, 1.807) is 12.1 Å². The van der Waals surface area contributed by atoms with Crippen molar-refractivity contribution in [2.45, 2.75) is 0 Å². The molecule has 0 aliphatic rings. The Morgan fingerprint density at radius 3 is 2.67 bits per heavy atom. The van der Waals surface area contributed by atoms with Crippen molar-refractivity contribution in [3.05, 3.63) is 40.2 Å². The van der Waals surface area contributed by atoms with E-state index in [4.69, 9.17) is 16.0 Å². The van der Waals surface area contributed by atoms with Gasteiger partial charge in [0.25, 0.3) is 5.24 Å². The topological polar surface area (TPSA) is 67.5 Å². The van der Waals surface area contributed by atoms with Crippen molar-refractivity contribution >= 4 is 27.8 Å². The summed E-state index contributed by atoms with van der Waals surface area (Å²) in [5.74, 6) is -0.443. The highest BCUT2D eigenvalue weighted by Crippen LogP contribution is 2.26. The molecule has 2 aromatic rings. The van der Waals surface area contributed by atoms with Gasteiger partial charge in [0.05, 0.1) is 5.39 Å². The fourth-order valence-corrected chi connectivity index (χ4v) is 1.47. The molecule has 0 atom stereocenters. The molecular formula is C10H5ClO4. The van der Waals surface area contributed by atoms with Gasteiger partial charge in [0, 0.05) is 0 Å². The number of hydrogen-bond acceptors (Lipinski definition) is 4. The number of fused-ring (bicyclic) bond motifs is 1. The van der Waals surface area contributed by atoms with E-state index in [2.05, 4.69) is 0 Å². The fraction of sp³-hybridized carbons (Fsp3) is 0. The molecule has 1 N–H and O–H groups in total. The second-order valence-corrected chi connectivity index (χ2v) is 3.23. The number of para-hydroxylation sites is 1. The monoisotopic (exact) mass is 224 g/mol. The van der Waals surface area contributed by atoms with E-state index in [1.807, 2.05) is 0 Å². The molecule has 4 nitrogen and oxygen atoms in total. The first-order valence-corrected chi connectivity index (χ1v) is 4.43. The summed E-state index contributed by atoms with van der Waals surface area (Å²) in [7, 11) is 0. The predicted octanol–water partition coefficient (Wildman–Crippen LogP) is 1.88. The van der Waals surface area contributed by atoms with Gasteiger partial charge >= 0.3 is 5.63 Å². The van der Waals surface area contributed by atoms with Crippen LogP contribution in [0.3, 0.4) is 0 Å². The number of halogens is 1. The van der Waals surface area contributed by atoms with E-state index in [1.165, 1.54) is 12.1 Å². The zero-order valence-electron chi connectivity index (χ0n) is 7.36.